The van der Waals surface area contributed by atoms with Gasteiger partial charge in [-0.2, -0.15) is 0 Å². The first-order valence-corrected chi connectivity index (χ1v) is 10.5. The smallest absolute Gasteiger partial charge is 0.343 e. The number of carbonyl (C=O) groups is 1. The first-order valence-electron chi connectivity index (χ1n) is 10.5. The van der Waals surface area contributed by atoms with Gasteiger partial charge < -0.3 is 13.9 Å². The van der Waals surface area contributed by atoms with Gasteiger partial charge >= 0.3 is 5.97 Å². The molecule has 4 rings (SSSR count). The number of nitro groups is 1. The van der Waals surface area contributed by atoms with Crippen LogP contribution in [0.5, 0.6) is 17.2 Å². The quantitative estimate of drug-likeness (QED) is 0.147. The largest absolute Gasteiger partial charge is 0.460 e. The second-order valence-electron chi connectivity index (χ2n) is 8.03. The van der Waals surface area contributed by atoms with E-state index in [0.717, 1.165) is 5.56 Å². The van der Waals surface area contributed by atoms with Gasteiger partial charge in [-0.25, -0.2) is 4.79 Å². The summed E-state index contributed by atoms with van der Waals surface area (Å²) < 4.78 is 16.8. The molecule has 0 saturated carbocycles. The summed E-state index contributed by atoms with van der Waals surface area (Å²) in [5.41, 5.74) is 1.25. The number of hydrogen-bond donors (Lipinski definition) is 0. The van der Waals surface area contributed by atoms with Crippen molar-refractivity contribution in [3.8, 4) is 17.2 Å². The normalized spacial score (nSPS) is 10.9. The van der Waals surface area contributed by atoms with Gasteiger partial charge in [-0.05, 0) is 48.7 Å². The van der Waals surface area contributed by atoms with E-state index in [9.17, 15) is 19.7 Å². The molecule has 0 bridgehead atoms. The highest BCUT2D eigenvalue weighted by molar-refractivity contribution is 5.92. The van der Waals surface area contributed by atoms with Crippen LogP contribution in [0.3, 0.4) is 0 Å². The predicted octanol–water partition coefficient (Wildman–Crippen LogP) is 6.14. The summed E-state index contributed by atoms with van der Waals surface area (Å²) >= 11 is 0. The lowest BCUT2D eigenvalue weighted by Crippen LogP contribution is -2.10. The van der Waals surface area contributed by atoms with Gasteiger partial charge in [0.25, 0.3) is 5.69 Å². The molecular weight excluding hydrogens is 438 g/mol. The minimum absolute atomic E-state index is 0.0479. The molecule has 4 aromatic rings. The van der Waals surface area contributed by atoms with Crippen LogP contribution in [0.25, 0.3) is 11.0 Å². The first-order chi connectivity index (χ1) is 16.2. The molecule has 0 amide bonds. The number of nitrogens with zero attached hydrogens (tertiary/aromatic N) is 1. The molecule has 8 nitrogen and oxygen atoms in total. The lowest BCUT2D eigenvalue weighted by molar-refractivity contribution is -0.385. The lowest BCUT2D eigenvalue weighted by Gasteiger charge is -2.13. The molecular formula is C26H21NO7. The molecule has 172 valence electrons. The van der Waals surface area contributed by atoms with E-state index in [2.05, 4.69) is 0 Å². The average Bonchev–Trinajstić information content (AvgIpc) is 2.80. The second-order valence-corrected chi connectivity index (χ2v) is 8.03. The SMILES string of the molecule is Cc1cc(C(=O)Oc2ccc3c(=O)c(Oc4ccccc4C(C)C)coc3c2)ccc1[N+](=O)[O-]. The van der Waals surface area contributed by atoms with E-state index < -0.39 is 10.9 Å². The number of hydrogen-bond acceptors (Lipinski definition) is 7. The number of carbonyl (C=O) groups excluding carboxylic acids is 1. The number of fused-ring (bicyclic) bond motifs is 1. The number of ether oxygens (including phenoxy) is 2. The van der Waals surface area contributed by atoms with Crippen LogP contribution >= 0.6 is 0 Å². The second kappa shape index (κ2) is 9.19. The van der Waals surface area contributed by atoms with Gasteiger partial charge in [0.15, 0.2) is 0 Å². The molecule has 1 heterocycles. The van der Waals surface area contributed by atoms with Crippen molar-refractivity contribution in [3.63, 3.8) is 0 Å². The van der Waals surface area contributed by atoms with Crippen molar-refractivity contribution in [1.82, 2.24) is 0 Å². The van der Waals surface area contributed by atoms with Crippen LogP contribution in [0.1, 0.15) is 41.3 Å². The van der Waals surface area contributed by atoms with Gasteiger partial charge in [0, 0.05) is 17.7 Å². The fourth-order valence-electron chi connectivity index (χ4n) is 3.55. The summed E-state index contributed by atoms with van der Waals surface area (Å²) in [5, 5.41) is 11.2. The Hall–Kier alpha value is -4.46. The molecule has 34 heavy (non-hydrogen) atoms. The molecule has 3 aromatic carbocycles. The number of rotatable bonds is 6. The Morgan fingerprint density at radius 1 is 1.03 bits per heavy atom. The van der Waals surface area contributed by atoms with Crippen LogP contribution in [0.15, 0.2) is 76.1 Å². The van der Waals surface area contributed by atoms with Gasteiger partial charge in [0.1, 0.15) is 23.3 Å². The number of para-hydroxylation sites is 1. The fourth-order valence-corrected chi connectivity index (χ4v) is 3.55. The van der Waals surface area contributed by atoms with Crippen molar-refractivity contribution < 1.29 is 23.6 Å². The average molecular weight is 459 g/mol. The highest BCUT2D eigenvalue weighted by Gasteiger charge is 2.17. The summed E-state index contributed by atoms with van der Waals surface area (Å²) in [7, 11) is 0. The molecule has 0 aliphatic heterocycles. The molecule has 0 aliphatic carbocycles. The third kappa shape index (κ3) is 4.52. The molecule has 8 heteroatoms. The van der Waals surface area contributed by atoms with Crippen LogP contribution in [0.4, 0.5) is 5.69 Å². The molecule has 0 atom stereocenters. The Bertz CT molecular complexity index is 1470. The van der Waals surface area contributed by atoms with Crippen LogP contribution in [0, 0.1) is 17.0 Å². The molecule has 0 fully saturated rings. The van der Waals surface area contributed by atoms with Crippen molar-refractivity contribution >= 4 is 22.6 Å². The Morgan fingerprint density at radius 2 is 1.79 bits per heavy atom. The first kappa shape index (κ1) is 22.7. The van der Waals surface area contributed by atoms with Crippen molar-refractivity contribution in [2.45, 2.75) is 26.7 Å². The Labute approximate surface area is 194 Å². The Morgan fingerprint density at radius 3 is 2.50 bits per heavy atom. The number of nitro benzene ring substituents is 1. The van der Waals surface area contributed by atoms with E-state index in [-0.39, 0.29) is 45.1 Å². The minimum atomic E-state index is -0.690. The molecule has 0 N–H and O–H groups in total. The van der Waals surface area contributed by atoms with Crippen LogP contribution in [-0.2, 0) is 0 Å². The summed E-state index contributed by atoms with van der Waals surface area (Å²) in [4.78, 5) is 35.9. The van der Waals surface area contributed by atoms with Crippen molar-refractivity contribution in [2.24, 2.45) is 0 Å². The maximum Gasteiger partial charge on any atom is 0.343 e. The van der Waals surface area contributed by atoms with Crippen LogP contribution < -0.4 is 14.9 Å². The zero-order valence-corrected chi connectivity index (χ0v) is 18.7. The maximum atomic E-state index is 12.9. The Kier molecular flexibility index (Phi) is 6.14. The highest BCUT2D eigenvalue weighted by atomic mass is 16.6. The molecule has 0 aliphatic rings. The zero-order chi connectivity index (χ0) is 24.4. The third-order valence-electron chi connectivity index (χ3n) is 5.32. The van der Waals surface area contributed by atoms with E-state index >= 15 is 0 Å². The number of aryl methyl sites for hydroxylation is 1. The van der Waals surface area contributed by atoms with Crippen molar-refractivity contribution in [1.29, 1.82) is 0 Å². The summed E-state index contributed by atoms with van der Waals surface area (Å²) in [6.45, 7) is 5.61. The van der Waals surface area contributed by atoms with Crippen molar-refractivity contribution in [3.05, 3.63) is 104 Å². The van der Waals surface area contributed by atoms with Crippen LogP contribution in [-0.4, -0.2) is 10.9 Å². The van der Waals surface area contributed by atoms with E-state index in [0.29, 0.717) is 11.3 Å². The third-order valence-corrected chi connectivity index (χ3v) is 5.32. The minimum Gasteiger partial charge on any atom is -0.460 e. The molecule has 0 spiro atoms. The number of esters is 1. The fraction of sp³-hybridized carbons (Fsp3) is 0.154. The van der Waals surface area contributed by atoms with Gasteiger partial charge in [-0.3, -0.25) is 14.9 Å². The Balaban J connectivity index is 1.59. The zero-order valence-electron chi connectivity index (χ0n) is 18.7. The van der Waals surface area contributed by atoms with E-state index in [1.165, 1.54) is 42.7 Å². The monoisotopic (exact) mass is 459 g/mol. The van der Waals surface area contributed by atoms with Crippen LogP contribution in [0.2, 0.25) is 0 Å². The van der Waals surface area contributed by atoms with Gasteiger partial charge in [0.2, 0.25) is 11.2 Å². The lowest BCUT2D eigenvalue weighted by atomic mass is 10.0. The summed E-state index contributed by atoms with van der Waals surface area (Å²) in [6.07, 6.45) is 1.23. The molecule has 0 unspecified atom stereocenters. The van der Waals surface area contributed by atoms with E-state index in [4.69, 9.17) is 13.9 Å². The standard InChI is InChI=1S/C26H21NO7/c1-15(2)19-6-4-5-7-22(19)34-24-14-32-23-13-18(9-10-20(23)25(24)28)33-26(29)17-8-11-21(27(30)31)16(3)12-17/h4-15H,1-3H3. The number of benzene rings is 3. The summed E-state index contributed by atoms with van der Waals surface area (Å²) in [6, 6.07) is 15.8. The predicted molar refractivity (Wildman–Crippen MR) is 126 cm³/mol. The molecule has 0 saturated heterocycles. The van der Waals surface area contributed by atoms with Crippen molar-refractivity contribution in [2.75, 3.05) is 0 Å². The van der Waals surface area contributed by atoms with Gasteiger partial charge in [0.05, 0.1) is 15.9 Å². The highest BCUT2D eigenvalue weighted by Crippen LogP contribution is 2.30. The topological polar surface area (TPSA) is 109 Å². The van der Waals surface area contributed by atoms with Gasteiger partial charge in [-0.15, -0.1) is 0 Å². The van der Waals surface area contributed by atoms with E-state index in [1.807, 2.05) is 32.0 Å². The van der Waals surface area contributed by atoms with E-state index in [1.54, 1.807) is 13.0 Å². The van der Waals surface area contributed by atoms with Gasteiger partial charge in [-0.1, -0.05) is 32.0 Å². The maximum absolute atomic E-state index is 12.9. The molecule has 1 aromatic heterocycles. The summed E-state index contributed by atoms with van der Waals surface area (Å²) in [5.74, 6) is 0.306. The molecule has 0 radical (unpaired) electrons.